The Morgan fingerprint density at radius 2 is 0.944 bits per heavy atom. The van der Waals surface area contributed by atoms with E-state index in [0.29, 0.717) is 17.5 Å². The Hall–Kier alpha value is -8.71. The monoisotopic (exact) mass is 1300 g/mol. The van der Waals surface area contributed by atoms with Crippen LogP contribution < -0.4 is 59.0 Å². The molecule has 0 spiro atoms. The molecule has 0 fully saturated rings. The third-order valence-corrected chi connectivity index (χ3v) is 15.2. The molecule has 0 aromatic heterocycles. The van der Waals surface area contributed by atoms with Crippen molar-refractivity contribution in [1.29, 1.82) is 0 Å². The molecule has 0 aliphatic heterocycles. The van der Waals surface area contributed by atoms with Gasteiger partial charge >= 0.3 is 12.2 Å². The Morgan fingerprint density at radius 3 is 1.46 bits per heavy atom. The summed E-state index contributed by atoms with van der Waals surface area (Å²) in [6, 6.07) is 30.9. The maximum absolute atomic E-state index is 14.9. The van der Waals surface area contributed by atoms with Gasteiger partial charge in [-0.1, -0.05) is 171 Å². The van der Waals surface area contributed by atoms with E-state index in [4.69, 9.17) is 30.5 Å². The standard InChI is InChI=1S/C66H85BrN10O13/c1-9-41(4)55(75-57(78)50(33-34-68)70-61(82)54(40(2)3)74-59(80)52(36-44-23-15-11-16-24-44)73-64(85)90-66(6,7)8)62(83)71-51(35-43-21-13-10-14-22-43)58(79)76-56(42(5)87-38-46-25-17-12-18-26-46)63(84)72-53(60(81)77-69)37-45-29-31-48(32-30-45)89-65(86)88-39-47-27-19-20-28-49(47)67/h10-32,40-42,50-56H,9,33-39,68-69H2,1-8H3,(H,70,82)(H,71,83)(H,72,84)(H,73,85)(H,74,80)(H,75,78)(H,76,79)(H,77,81)/t41-,42+,50-,51-,52-,53-,54-,55-,56-/m0/s1. The minimum Gasteiger partial charge on any atom is -0.444 e. The molecule has 9 atom stereocenters. The molecule has 0 bridgehead atoms. The molecule has 484 valence electrons. The molecule has 0 heterocycles. The van der Waals surface area contributed by atoms with Gasteiger partial charge in [0.1, 0.15) is 60.3 Å². The summed E-state index contributed by atoms with van der Waals surface area (Å²) in [5, 5.41) is 19.2. The first-order valence-electron chi connectivity index (χ1n) is 29.8. The lowest BCUT2D eigenvalue weighted by Crippen LogP contribution is -2.63. The fraction of sp³-hybridized carbons (Fsp3) is 0.409. The van der Waals surface area contributed by atoms with Gasteiger partial charge in [-0.25, -0.2) is 15.4 Å². The van der Waals surface area contributed by atoms with Crippen molar-refractivity contribution in [2.45, 2.75) is 155 Å². The number of amides is 8. The summed E-state index contributed by atoms with van der Waals surface area (Å²) in [7, 11) is 0. The average Bonchev–Trinajstić information content (AvgIpc) is 1.39. The normalized spacial score (nSPS) is 14.2. The van der Waals surface area contributed by atoms with E-state index >= 15 is 0 Å². The van der Waals surface area contributed by atoms with E-state index in [9.17, 15) is 43.2 Å². The largest absolute Gasteiger partial charge is 0.514 e. The van der Waals surface area contributed by atoms with Gasteiger partial charge in [0.2, 0.25) is 35.4 Å². The summed E-state index contributed by atoms with van der Waals surface area (Å²) in [6.45, 7) is 13.4. The van der Waals surface area contributed by atoms with Gasteiger partial charge in [-0.05, 0) is 92.9 Å². The first kappa shape index (κ1) is 72.0. The maximum Gasteiger partial charge on any atom is 0.514 e. The lowest BCUT2D eigenvalue weighted by atomic mass is 9.96. The SMILES string of the molecule is CC[C@H](C)[C@H](NC(=O)[C@H](CCN)NC(=O)[C@@H](NC(=O)[C@H](Cc1ccccc1)NC(=O)OC(C)(C)C)C(C)C)C(=O)N[C@@H](Cc1ccccc1)C(=O)N[C@H](C(=O)N[C@@H](Cc1ccc(OC(=O)OCc2ccccc2Br)cc1)C(=O)NN)[C@@H](C)OCc1ccccc1. The van der Waals surface area contributed by atoms with E-state index in [1.807, 2.05) is 48.5 Å². The van der Waals surface area contributed by atoms with Crippen LogP contribution in [0.2, 0.25) is 0 Å². The van der Waals surface area contributed by atoms with Crippen LogP contribution in [0, 0.1) is 11.8 Å². The number of nitrogens with two attached hydrogens (primary N) is 2. The van der Waals surface area contributed by atoms with E-state index in [2.05, 4.69) is 58.6 Å². The molecule has 23 nitrogen and oxygen atoms in total. The van der Waals surface area contributed by atoms with Gasteiger partial charge in [0.25, 0.3) is 5.91 Å². The minimum absolute atomic E-state index is 0.0154. The van der Waals surface area contributed by atoms with Crippen LogP contribution in [-0.2, 0) is 80.2 Å². The highest BCUT2D eigenvalue weighted by Crippen LogP contribution is 2.20. The van der Waals surface area contributed by atoms with E-state index in [-0.39, 0.29) is 51.2 Å². The van der Waals surface area contributed by atoms with Crippen molar-refractivity contribution in [3.05, 3.63) is 172 Å². The molecule has 5 rings (SSSR count). The fourth-order valence-electron chi connectivity index (χ4n) is 9.20. The number of rotatable bonds is 32. The quantitative estimate of drug-likeness (QED) is 0.00819. The Kier molecular flexibility index (Phi) is 28.9. The zero-order valence-corrected chi connectivity index (χ0v) is 53.6. The summed E-state index contributed by atoms with van der Waals surface area (Å²) < 4.78 is 23.0. The fourth-order valence-corrected chi connectivity index (χ4v) is 9.60. The number of carbonyl (C=O) groups is 9. The molecular weight excluding hydrogens is 1220 g/mol. The lowest BCUT2D eigenvalue weighted by Gasteiger charge is -2.31. The van der Waals surface area contributed by atoms with Crippen molar-refractivity contribution in [2.75, 3.05) is 6.54 Å². The van der Waals surface area contributed by atoms with Crippen LogP contribution >= 0.6 is 15.9 Å². The van der Waals surface area contributed by atoms with Crippen molar-refractivity contribution in [3.8, 4) is 5.75 Å². The molecule has 12 N–H and O–H groups in total. The zero-order chi connectivity index (χ0) is 65.9. The van der Waals surface area contributed by atoms with Crippen molar-refractivity contribution in [2.24, 2.45) is 23.4 Å². The van der Waals surface area contributed by atoms with Crippen LogP contribution in [0.3, 0.4) is 0 Å². The number of ether oxygens (including phenoxy) is 4. The van der Waals surface area contributed by atoms with E-state index < -0.39 is 119 Å². The molecule has 0 saturated heterocycles. The van der Waals surface area contributed by atoms with Gasteiger partial charge in [-0.3, -0.25) is 39.0 Å². The third-order valence-electron chi connectivity index (χ3n) is 14.4. The van der Waals surface area contributed by atoms with Crippen LogP contribution in [0.1, 0.15) is 96.0 Å². The average molecular weight is 1310 g/mol. The number of nitrogens with one attached hydrogen (secondary N) is 8. The van der Waals surface area contributed by atoms with Crippen molar-refractivity contribution < 1.29 is 62.1 Å². The molecule has 0 unspecified atom stereocenters. The van der Waals surface area contributed by atoms with Crippen molar-refractivity contribution in [3.63, 3.8) is 0 Å². The summed E-state index contributed by atoms with van der Waals surface area (Å²) in [5.74, 6) is -0.758. The predicted octanol–water partition coefficient (Wildman–Crippen LogP) is 5.64. The van der Waals surface area contributed by atoms with Gasteiger partial charge < -0.3 is 61.9 Å². The molecule has 0 saturated carbocycles. The molecule has 0 aliphatic carbocycles. The Bertz CT molecular complexity index is 3160. The van der Waals surface area contributed by atoms with E-state index in [0.717, 1.165) is 21.2 Å². The summed E-state index contributed by atoms with van der Waals surface area (Å²) >= 11 is 3.42. The highest BCUT2D eigenvalue weighted by atomic mass is 79.9. The van der Waals surface area contributed by atoms with Crippen LogP contribution in [0.15, 0.2) is 144 Å². The summed E-state index contributed by atoms with van der Waals surface area (Å²) in [6.07, 6.45) is -2.74. The third kappa shape index (κ3) is 24.0. The second-order valence-electron chi connectivity index (χ2n) is 23.0. The number of carbonyl (C=O) groups excluding carboxylic acids is 9. The van der Waals surface area contributed by atoms with Crippen LogP contribution in [0.5, 0.6) is 5.75 Å². The molecule has 90 heavy (non-hydrogen) atoms. The minimum atomic E-state index is -1.51. The second kappa shape index (κ2) is 36.1. The Labute approximate surface area is 534 Å². The number of hydrogen-bond acceptors (Lipinski definition) is 15. The van der Waals surface area contributed by atoms with Gasteiger partial charge in [-0.15, -0.1) is 0 Å². The molecule has 24 heteroatoms. The summed E-state index contributed by atoms with van der Waals surface area (Å²) in [4.78, 5) is 126. The predicted molar refractivity (Wildman–Crippen MR) is 341 cm³/mol. The smallest absolute Gasteiger partial charge is 0.444 e. The highest BCUT2D eigenvalue weighted by Gasteiger charge is 2.38. The number of alkyl carbamates (subject to hydrolysis) is 1. The van der Waals surface area contributed by atoms with Gasteiger partial charge in [-0.2, -0.15) is 0 Å². The molecule has 5 aromatic carbocycles. The van der Waals surface area contributed by atoms with Crippen LogP contribution in [0.4, 0.5) is 9.59 Å². The molecule has 0 aliphatic rings. The summed E-state index contributed by atoms with van der Waals surface area (Å²) in [5.41, 5.74) is 10.6. The van der Waals surface area contributed by atoms with Crippen LogP contribution in [0.25, 0.3) is 0 Å². The van der Waals surface area contributed by atoms with E-state index in [1.54, 1.807) is 134 Å². The molecule has 8 amide bonds. The number of hydrazine groups is 1. The first-order chi connectivity index (χ1) is 42.9. The van der Waals surface area contributed by atoms with Crippen molar-refractivity contribution in [1.82, 2.24) is 42.6 Å². The number of halogens is 1. The molecular formula is C66H85BrN10O13. The highest BCUT2D eigenvalue weighted by molar-refractivity contribution is 9.10. The van der Waals surface area contributed by atoms with Gasteiger partial charge in [0.05, 0.1) is 12.7 Å². The van der Waals surface area contributed by atoms with Crippen molar-refractivity contribution >= 4 is 69.5 Å². The zero-order valence-electron chi connectivity index (χ0n) is 52.0. The Morgan fingerprint density at radius 1 is 0.500 bits per heavy atom. The lowest BCUT2D eigenvalue weighted by molar-refractivity contribution is -0.138. The van der Waals surface area contributed by atoms with Crippen LogP contribution in [-0.4, -0.2) is 114 Å². The molecule has 0 radical (unpaired) electrons. The Balaban J connectivity index is 1.36. The molecule has 5 aromatic rings. The second-order valence-corrected chi connectivity index (χ2v) is 23.9. The maximum atomic E-state index is 14.9. The van der Waals surface area contributed by atoms with Gasteiger partial charge in [0, 0.05) is 29.3 Å². The topological polar surface area (TPSA) is 339 Å². The number of benzene rings is 5. The van der Waals surface area contributed by atoms with Gasteiger partial charge in [0.15, 0.2) is 0 Å². The van der Waals surface area contributed by atoms with E-state index in [1.165, 1.54) is 12.1 Å². The number of hydrogen-bond donors (Lipinski definition) is 10. The first-order valence-corrected chi connectivity index (χ1v) is 30.6.